The van der Waals surface area contributed by atoms with Gasteiger partial charge in [-0.2, -0.15) is 5.26 Å². The third kappa shape index (κ3) is 4.37. The number of aromatic hydroxyl groups is 2. The van der Waals surface area contributed by atoms with Gasteiger partial charge in [0.15, 0.2) is 11.5 Å². The van der Waals surface area contributed by atoms with Crippen molar-refractivity contribution in [2.75, 3.05) is 5.32 Å². The van der Waals surface area contributed by atoms with Crippen LogP contribution in [0.2, 0.25) is 0 Å². The molecule has 0 spiro atoms. The SMILES string of the molecule is N#Cc1ccc(-c2ccccc2NC(=O)c2cccc(-c3cc([N+](=O)[O-])cc(O)c3O)c2)s1. The second kappa shape index (κ2) is 8.82. The molecule has 3 aromatic carbocycles. The molecule has 9 heteroatoms. The molecule has 0 aliphatic carbocycles. The van der Waals surface area contributed by atoms with Crippen LogP contribution in [0.4, 0.5) is 11.4 Å². The van der Waals surface area contributed by atoms with Gasteiger partial charge in [-0.05, 0) is 35.9 Å². The van der Waals surface area contributed by atoms with Crippen LogP contribution >= 0.6 is 11.3 Å². The van der Waals surface area contributed by atoms with Crippen LogP contribution in [0.25, 0.3) is 21.6 Å². The van der Waals surface area contributed by atoms with Crippen LogP contribution in [0, 0.1) is 21.4 Å². The number of carbonyl (C=O) groups excluding carboxylic acids is 1. The monoisotopic (exact) mass is 457 g/mol. The zero-order valence-corrected chi connectivity index (χ0v) is 17.7. The lowest BCUT2D eigenvalue weighted by molar-refractivity contribution is -0.384. The van der Waals surface area contributed by atoms with E-state index in [9.17, 15) is 25.1 Å². The van der Waals surface area contributed by atoms with Gasteiger partial charge in [-0.15, -0.1) is 11.3 Å². The number of carbonyl (C=O) groups is 1. The zero-order chi connectivity index (χ0) is 23.5. The number of phenolic OH excluding ortho intramolecular Hbond substituents is 2. The molecule has 0 atom stereocenters. The Balaban J connectivity index is 1.67. The van der Waals surface area contributed by atoms with E-state index in [4.69, 9.17) is 5.26 Å². The van der Waals surface area contributed by atoms with E-state index >= 15 is 0 Å². The summed E-state index contributed by atoms with van der Waals surface area (Å²) in [5, 5.41) is 43.1. The third-order valence-electron chi connectivity index (χ3n) is 4.88. The topological polar surface area (TPSA) is 136 Å². The van der Waals surface area contributed by atoms with E-state index in [1.807, 2.05) is 18.2 Å². The molecule has 0 saturated carbocycles. The number of non-ortho nitro benzene ring substituents is 1. The molecule has 0 aliphatic heterocycles. The first-order valence-corrected chi connectivity index (χ1v) is 10.4. The first-order chi connectivity index (χ1) is 15.9. The summed E-state index contributed by atoms with van der Waals surface area (Å²) in [6.45, 7) is 0. The van der Waals surface area contributed by atoms with Crippen molar-refractivity contribution < 1.29 is 19.9 Å². The minimum atomic E-state index is -0.682. The summed E-state index contributed by atoms with van der Waals surface area (Å²) >= 11 is 1.31. The van der Waals surface area contributed by atoms with Crippen LogP contribution in [0.5, 0.6) is 11.5 Å². The second-order valence-electron chi connectivity index (χ2n) is 6.97. The van der Waals surface area contributed by atoms with E-state index in [0.29, 0.717) is 16.1 Å². The number of nitro groups is 1. The number of thiophene rings is 1. The lowest BCUT2D eigenvalue weighted by atomic mass is 10.0. The van der Waals surface area contributed by atoms with Crippen molar-refractivity contribution in [1.82, 2.24) is 0 Å². The average molecular weight is 457 g/mol. The highest BCUT2D eigenvalue weighted by atomic mass is 32.1. The van der Waals surface area contributed by atoms with Gasteiger partial charge in [0.25, 0.3) is 11.6 Å². The predicted octanol–water partition coefficient (Wildman–Crippen LogP) is 5.53. The number of amides is 1. The molecule has 1 aromatic heterocycles. The summed E-state index contributed by atoms with van der Waals surface area (Å²) in [6.07, 6.45) is 0. The average Bonchev–Trinajstić information content (AvgIpc) is 3.30. The predicted molar refractivity (Wildman–Crippen MR) is 124 cm³/mol. The normalized spacial score (nSPS) is 10.4. The van der Waals surface area contributed by atoms with Crippen LogP contribution in [0.15, 0.2) is 72.8 Å². The molecule has 4 rings (SSSR count). The van der Waals surface area contributed by atoms with Gasteiger partial charge in [-0.3, -0.25) is 14.9 Å². The fourth-order valence-corrected chi connectivity index (χ4v) is 4.14. The maximum atomic E-state index is 13.0. The maximum Gasteiger partial charge on any atom is 0.274 e. The molecular weight excluding hydrogens is 442 g/mol. The number of nitro benzene ring substituents is 1. The highest BCUT2D eigenvalue weighted by molar-refractivity contribution is 7.16. The number of nitrogens with zero attached hydrogens (tertiary/aromatic N) is 2. The number of anilines is 1. The number of para-hydroxylation sites is 1. The molecule has 8 nitrogen and oxygen atoms in total. The number of phenols is 2. The Kier molecular flexibility index (Phi) is 5.76. The molecule has 33 heavy (non-hydrogen) atoms. The highest BCUT2D eigenvalue weighted by Crippen LogP contribution is 2.40. The molecule has 0 radical (unpaired) electrons. The van der Waals surface area contributed by atoms with E-state index in [2.05, 4.69) is 11.4 Å². The largest absolute Gasteiger partial charge is 0.504 e. The maximum absolute atomic E-state index is 13.0. The number of nitriles is 1. The van der Waals surface area contributed by atoms with Crippen molar-refractivity contribution in [3.05, 3.63) is 93.4 Å². The molecule has 1 amide bonds. The lowest BCUT2D eigenvalue weighted by Crippen LogP contribution is -2.12. The highest BCUT2D eigenvalue weighted by Gasteiger charge is 2.18. The minimum Gasteiger partial charge on any atom is -0.504 e. The fraction of sp³-hybridized carbons (Fsp3) is 0. The molecule has 0 fully saturated rings. The van der Waals surface area contributed by atoms with Gasteiger partial charge in [0.1, 0.15) is 10.9 Å². The fourth-order valence-electron chi connectivity index (χ4n) is 3.30. The summed E-state index contributed by atoms with van der Waals surface area (Å²) in [5.74, 6) is -1.58. The van der Waals surface area contributed by atoms with Crippen molar-refractivity contribution in [2.45, 2.75) is 0 Å². The van der Waals surface area contributed by atoms with E-state index in [1.54, 1.807) is 36.4 Å². The zero-order valence-electron chi connectivity index (χ0n) is 16.9. The van der Waals surface area contributed by atoms with Crippen LogP contribution in [0.1, 0.15) is 15.2 Å². The Bertz CT molecular complexity index is 1440. The molecule has 3 N–H and O–H groups in total. The van der Waals surface area contributed by atoms with E-state index in [0.717, 1.165) is 22.6 Å². The summed E-state index contributed by atoms with van der Waals surface area (Å²) in [5.41, 5.74) is 1.52. The summed E-state index contributed by atoms with van der Waals surface area (Å²) in [4.78, 5) is 24.8. The van der Waals surface area contributed by atoms with Gasteiger partial charge < -0.3 is 15.5 Å². The molecule has 162 valence electrons. The van der Waals surface area contributed by atoms with E-state index < -0.39 is 28.0 Å². The number of hydrogen-bond donors (Lipinski definition) is 3. The van der Waals surface area contributed by atoms with E-state index in [1.165, 1.54) is 17.4 Å². The van der Waals surface area contributed by atoms with Crippen molar-refractivity contribution in [3.8, 4) is 39.1 Å². The standard InChI is InChI=1S/C24H15N3O5S/c25-13-17-8-9-22(33-17)18-6-1-2-7-20(18)26-24(30)15-5-3-4-14(10-15)19-11-16(27(31)32)12-21(28)23(19)29/h1-12,28-29H,(H,26,30). The Morgan fingerprint density at radius 1 is 1.00 bits per heavy atom. The first-order valence-electron chi connectivity index (χ1n) is 9.59. The van der Waals surface area contributed by atoms with Gasteiger partial charge in [0.05, 0.1) is 11.0 Å². The summed E-state index contributed by atoms with van der Waals surface area (Å²) in [6, 6.07) is 21.0. The number of rotatable bonds is 5. The second-order valence-corrected chi connectivity index (χ2v) is 8.06. The van der Waals surface area contributed by atoms with Crippen molar-refractivity contribution in [1.29, 1.82) is 5.26 Å². The van der Waals surface area contributed by atoms with Crippen molar-refractivity contribution in [3.63, 3.8) is 0 Å². The van der Waals surface area contributed by atoms with E-state index in [-0.39, 0.29) is 11.1 Å². The molecule has 0 bridgehead atoms. The van der Waals surface area contributed by atoms with Crippen molar-refractivity contribution in [2.24, 2.45) is 0 Å². The molecule has 0 saturated heterocycles. The summed E-state index contributed by atoms with van der Waals surface area (Å²) < 4.78 is 0. The molecule has 4 aromatic rings. The van der Waals surface area contributed by atoms with Gasteiger partial charge in [0, 0.05) is 33.3 Å². The lowest BCUT2D eigenvalue weighted by Gasteiger charge is -2.11. The van der Waals surface area contributed by atoms with Crippen LogP contribution < -0.4 is 5.32 Å². The molecule has 1 heterocycles. The Morgan fingerprint density at radius 3 is 2.52 bits per heavy atom. The molecule has 0 unspecified atom stereocenters. The Labute approximate surface area is 191 Å². The quantitative estimate of drug-likeness (QED) is 0.205. The molecule has 0 aliphatic rings. The van der Waals surface area contributed by atoms with Gasteiger partial charge in [-0.1, -0.05) is 30.3 Å². The number of nitrogens with one attached hydrogen (secondary N) is 1. The van der Waals surface area contributed by atoms with Gasteiger partial charge in [0.2, 0.25) is 0 Å². The van der Waals surface area contributed by atoms with Crippen molar-refractivity contribution >= 4 is 28.6 Å². The summed E-state index contributed by atoms with van der Waals surface area (Å²) in [7, 11) is 0. The Morgan fingerprint density at radius 2 is 1.79 bits per heavy atom. The van der Waals surface area contributed by atoms with Gasteiger partial charge >= 0.3 is 0 Å². The van der Waals surface area contributed by atoms with Gasteiger partial charge in [-0.25, -0.2) is 0 Å². The van der Waals surface area contributed by atoms with Crippen LogP contribution in [0.3, 0.4) is 0 Å². The van der Waals surface area contributed by atoms with Crippen LogP contribution in [-0.2, 0) is 0 Å². The third-order valence-corrected chi connectivity index (χ3v) is 5.90. The Hall–Kier alpha value is -4.68. The van der Waals surface area contributed by atoms with Crippen LogP contribution in [-0.4, -0.2) is 21.0 Å². The minimum absolute atomic E-state index is 0.0272. The molecular formula is C24H15N3O5S. The number of hydrogen-bond acceptors (Lipinski definition) is 7. The number of benzene rings is 3. The smallest absolute Gasteiger partial charge is 0.274 e. The first kappa shape index (κ1) is 21.5.